The molecule has 0 aliphatic carbocycles. The van der Waals surface area contributed by atoms with E-state index < -0.39 is 48.9 Å². The lowest BCUT2D eigenvalue weighted by atomic mass is 9.95. The van der Waals surface area contributed by atoms with Crippen LogP contribution in [-0.2, 0) is 9.53 Å². The van der Waals surface area contributed by atoms with E-state index in [0.717, 1.165) is 5.56 Å². The van der Waals surface area contributed by atoms with Crippen molar-refractivity contribution in [3.8, 4) is 0 Å². The molecule has 3 rings (SSSR count). The molecule has 0 unspecified atom stereocenters. The fourth-order valence-electron chi connectivity index (χ4n) is 3.09. The second kappa shape index (κ2) is 6.60. The van der Waals surface area contributed by atoms with Gasteiger partial charge < -0.3 is 29.8 Å². The van der Waals surface area contributed by atoms with Gasteiger partial charge in [-0.1, -0.05) is 6.07 Å². The summed E-state index contributed by atoms with van der Waals surface area (Å²) < 4.78 is 12.0. The number of aliphatic hydroxyl groups excluding tert-OH is 3. The number of aromatic nitrogens is 1. The number of nitrogens with zero attached hydrogens (tertiary/aromatic N) is 1. The number of oxazole rings is 1. The van der Waals surface area contributed by atoms with Crippen molar-refractivity contribution in [3.05, 3.63) is 34.3 Å². The molecule has 0 radical (unpaired) electrons. The minimum absolute atomic E-state index is 0.321. The first-order valence-corrected chi connectivity index (χ1v) is 7.84. The lowest BCUT2D eigenvalue weighted by Gasteiger charge is -2.42. The first kappa shape index (κ1) is 17.6. The van der Waals surface area contributed by atoms with Crippen molar-refractivity contribution < 1.29 is 29.3 Å². The number of hydrogen-bond donors (Lipinski definition) is 4. The van der Waals surface area contributed by atoms with Crippen molar-refractivity contribution in [1.29, 1.82) is 0 Å². The molecule has 1 saturated heterocycles. The van der Waals surface area contributed by atoms with Crippen LogP contribution in [0.2, 0.25) is 0 Å². The molecule has 1 fully saturated rings. The van der Waals surface area contributed by atoms with Gasteiger partial charge in [-0.25, -0.2) is 9.36 Å². The van der Waals surface area contributed by atoms with Crippen molar-refractivity contribution in [2.24, 2.45) is 0 Å². The van der Waals surface area contributed by atoms with E-state index in [1.54, 1.807) is 18.2 Å². The SMILES string of the molecule is CC(=O)N[C@H]1[C@H](O)[C@H](O)[C@H](CO)O[C@H]1n1c(=O)oc2ccc(C)cc21. The third-order valence-electron chi connectivity index (χ3n) is 4.29. The van der Waals surface area contributed by atoms with Crippen LogP contribution < -0.4 is 11.1 Å². The average Bonchev–Trinajstić information content (AvgIpc) is 2.87. The van der Waals surface area contributed by atoms with Crippen LogP contribution in [0.3, 0.4) is 0 Å². The first-order valence-electron chi connectivity index (χ1n) is 7.84. The van der Waals surface area contributed by atoms with Gasteiger partial charge >= 0.3 is 5.76 Å². The molecule has 9 heteroatoms. The third-order valence-corrected chi connectivity index (χ3v) is 4.29. The van der Waals surface area contributed by atoms with Crippen LogP contribution in [0.15, 0.2) is 27.4 Å². The molecule has 9 nitrogen and oxygen atoms in total. The second-order valence-electron chi connectivity index (χ2n) is 6.16. The smallest absolute Gasteiger partial charge is 0.408 e. The average molecular weight is 352 g/mol. The molecule has 1 amide bonds. The van der Waals surface area contributed by atoms with Crippen molar-refractivity contribution in [2.75, 3.05) is 6.61 Å². The van der Waals surface area contributed by atoms with Crippen LogP contribution in [0.4, 0.5) is 0 Å². The molecule has 1 aliphatic heterocycles. The highest BCUT2D eigenvalue weighted by Gasteiger charge is 2.46. The van der Waals surface area contributed by atoms with Crippen molar-refractivity contribution in [2.45, 2.75) is 44.4 Å². The molecule has 0 spiro atoms. The zero-order valence-corrected chi connectivity index (χ0v) is 13.7. The van der Waals surface area contributed by atoms with Crippen LogP contribution in [0.25, 0.3) is 11.1 Å². The molecule has 1 aliphatic rings. The van der Waals surface area contributed by atoms with E-state index in [9.17, 15) is 24.9 Å². The van der Waals surface area contributed by atoms with Crippen molar-refractivity contribution >= 4 is 17.0 Å². The van der Waals surface area contributed by atoms with E-state index in [0.29, 0.717) is 11.1 Å². The second-order valence-corrected chi connectivity index (χ2v) is 6.16. The number of hydrogen-bond acceptors (Lipinski definition) is 7. The van der Waals surface area contributed by atoms with Crippen LogP contribution >= 0.6 is 0 Å². The molecular weight excluding hydrogens is 332 g/mol. The van der Waals surface area contributed by atoms with Gasteiger partial charge in [0.05, 0.1) is 12.1 Å². The largest absolute Gasteiger partial charge is 0.422 e. The fraction of sp³-hybridized carbons (Fsp3) is 0.500. The number of fused-ring (bicyclic) bond motifs is 1. The van der Waals surface area contributed by atoms with E-state index in [-0.39, 0.29) is 0 Å². The number of aliphatic hydroxyl groups is 3. The van der Waals surface area contributed by atoms with E-state index >= 15 is 0 Å². The molecule has 5 atom stereocenters. The third kappa shape index (κ3) is 3.07. The number of aryl methyl sites for hydroxylation is 1. The van der Waals surface area contributed by atoms with Gasteiger partial charge in [-0.2, -0.15) is 0 Å². The number of ether oxygens (including phenoxy) is 1. The minimum atomic E-state index is -1.44. The van der Waals surface area contributed by atoms with E-state index in [4.69, 9.17) is 9.15 Å². The maximum Gasteiger partial charge on any atom is 0.422 e. The Balaban J connectivity index is 2.14. The molecule has 0 saturated carbocycles. The molecule has 136 valence electrons. The molecule has 2 heterocycles. The summed E-state index contributed by atoms with van der Waals surface area (Å²) in [6, 6.07) is 4.01. The first-order chi connectivity index (χ1) is 11.8. The van der Waals surface area contributed by atoms with Crippen LogP contribution in [0.1, 0.15) is 18.7 Å². The summed E-state index contributed by atoms with van der Waals surface area (Å²) in [5.74, 6) is -1.20. The number of carbonyl (C=O) groups is 1. The summed E-state index contributed by atoms with van der Waals surface area (Å²) in [7, 11) is 0. The predicted octanol–water partition coefficient (Wildman–Crippen LogP) is -0.981. The standard InChI is InChI=1S/C16H20N2O7/c1-7-3-4-10-9(5-7)18(16(23)25-10)15-12(17-8(2)20)14(22)13(21)11(6-19)24-15/h3-5,11-15,19,21-22H,6H2,1-2H3,(H,17,20)/t11-,12-,13+,14-,15+/m0/s1. The van der Waals surface area contributed by atoms with Crippen molar-refractivity contribution in [1.82, 2.24) is 9.88 Å². The van der Waals surface area contributed by atoms with Gasteiger partial charge in [0.15, 0.2) is 11.8 Å². The highest BCUT2D eigenvalue weighted by Crippen LogP contribution is 2.30. The molecule has 4 N–H and O–H groups in total. The maximum absolute atomic E-state index is 12.4. The number of benzene rings is 1. The van der Waals surface area contributed by atoms with Gasteiger partial charge in [0.25, 0.3) is 0 Å². The topological polar surface area (TPSA) is 134 Å². The van der Waals surface area contributed by atoms with Gasteiger partial charge in [-0.05, 0) is 24.6 Å². The highest BCUT2D eigenvalue weighted by molar-refractivity contribution is 5.75. The fourth-order valence-corrected chi connectivity index (χ4v) is 3.09. The van der Waals surface area contributed by atoms with Gasteiger partial charge in [0.2, 0.25) is 5.91 Å². The van der Waals surface area contributed by atoms with Gasteiger partial charge in [-0.3, -0.25) is 4.79 Å². The maximum atomic E-state index is 12.4. The van der Waals surface area contributed by atoms with Crippen molar-refractivity contribution in [3.63, 3.8) is 0 Å². The molecular formula is C16H20N2O7. The number of amides is 1. The van der Waals surface area contributed by atoms with E-state index in [2.05, 4.69) is 5.32 Å². The molecule has 1 aromatic carbocycles. The quantitative estimate of drug-likeness (QED) is 0.558. The Morgan fingerprint density at radius 2 is 2.04 bits per heavy atom. The van der Waals surface area contributed by atoms with Crippen LogP contribution in [0.5, 0.6) is 0 Å². The predicted molar refractivity (Wildman–Crippen MR) is 85.8 cm³/mol. The summed E-state index contributed by atoms with van der Waals surface area (Å²) in [4.78, 5) is 23.9. The Labute approximate surface area is 142 Å². The summed E-state index contributed by atoms with van der Waals surface area (Å²) in [5, 5.41) is 32.3. The van der Waals surface area contributed by atoms with Gasteiger partial charge in [0.1, 0.15) is 24.4 Å². The Morgan fingerprint density at radius 3 is 2.68 bits per heavy atom. The van der Waals surface area contributed by atoms with E-state index in [1.165, 1.54) is 11.5 Å². The zero-order valence-electron chi connectivity index (χ0n) is 13.7. The summed E-state index contributed by atoms with van der Waals surface area (Å²) in [6.07, 6.45) is -5.14. The van der Waals surface area contributed by atoms with Crippen LogP contribution in [-0.4, -0.2) is 56.8 Å². The zero-order chi connectivity index (χ0) is 18.3. The highest BCUT2D eigenvalue weighted by atomic mass is 16.5. The lowest BCUT2D eigenvalue weighted by molar-refractivity contribution is -0.216. The summed E-state index contributed by atoms with van der Waals surface area (Å²) in [5.41, 5.74) is 1.61. The summed E-state index contributed by atoms with van der Waals surface area (Å²) in [6.45, 7) is 2.52. The molecule has 25 heavy (non-hydrogen) atoms. The summed E-state index contributed by atoms with van der Waals surface area (Å²) >= 11 is 0. The Morgan fingerprint density at radius 1 is 1.32 bits per heavy atom. The Bertz CT molecular complexity index is 843. The normalized spacial score (nSPS) is 29.7. The number of carbonyl (C=O) groups excluding carboxylic acids is 1. The van der Waals surface area contributed by atoms with Gasteiger partial charge in [-0.15, -0.1) is 0 Å². The molecule has 2 aromatic rings. The monoisotopic (exact) mass is 352 g/mol. The van der Waals surface area contributed by atoms with E-state index in [1.807, 2.05) is 6.92 Å². The Hall–Kier alpha value is -2.20. The lowest BCUT2D eigenvalue weighted by Crippen LogP contribution is -2.62. The number of nitrogens with one attached hydrogen (secondary N) is 1. The Kier molecular flexibility index (Phi) is 4.65. The molecule has 0 bridgehead atoms. The van der Waals surface area contributed by atoms with Gasteiger partial charge in [0, 0.05) is 6.92 Å². The number of rotatable bonds is 3. The minimum Gasteiger partial charge on any atom is -0.408 e. The molecule has 1 aromatic heterocycles. The van der Waals surface area contributed by atoms with Crippen LogP contribution in [0, 0.1) is 6.92 Å².